The summed E-state index contributed by atoms with van der Waals surface area (Å²) < 4.78 is 0. The Morgan fingerprint density at radius 2 is 1.62 bits per heavy atom. The first-order valence-electron chi connectivity index (χ1n) is 7.15. The first kappa shape index (κ1) is 14.0. The lowest BCUT2D eigenvalue weighted by Crippen LogP contribution is -2.41. The molecule has 1 heterocycles. The first-order valence-corrected chi connectivity index (χ1v) is 7.15. The van der Waals surface area contributed by atoms with E-state index in [4.69, 9.17) is 0 Å². The molecule has 1 atom stereocenters. The Kier molecular flexibility index (Phi) is 7.06. The van der Waals surface area contributed by atoms with Gasteiger partial charge in [0.05, 0.1) is 0 Å². The zero-order valence-electron chi connectivity index (χ0n) is 11.5. The fourth-order valence-corrected chi connectivity index (χ4v) is 2.37. The van der Waals surface area contributed by atoms with Crippen molar-refractivity contribution in [1.82, 2.24) is 10.2 Å². The Morgan fingerprint density at radius 3 is 2.19 bits per heavy atom. The maximum absolute atomic E-state index is 3.59. The molecule has 0 aromatic carbocycles. The van der Waals surface area contributed by atoms with Crippen molar-refractivity contribution in [3.63, 3.8) is 0 Å². The van der Waals surface area contributed by atoms with Crippen LogP contribution < -0.4 is 5.32 Å². The Hall–Kier alpha value is -0.0800. The summed E-state index contributed by atoms with van der Waals surface area (Å²) in [7, 11) is 0. The summed E-state index contributed by atoms with van der Waals surface area (Å²) in [5.74, 6) is 0.820. The predicted molar refractivity (Wildman–Crippen MR) is 71.8 cm³/mol. The van der Waals surface area contributed by atoms with Crippen molar-refractivity contribution >= 4 is 0 Å². The molecule has 0 bridgehead atoms. The minimum atomic E-state index is 0.713. The molecular formula is C14H30N2. The topological polar surface area (TPSA) is 15.3 Å². The van der Waals surface area contributed by atoms with Crippen LogP contribution in [0.2, 0.25) is 0 Å². The van der Waals surface area contributed by atoms with Crippen LogP contribution >= 0.6 is 0 Å². The third kappa shape index (κ3) is 5.86. The van der Waals surface area contributed by atoms with Crippen molar-refractivity contribution in [2.24, 2.45) is 5.92 Å². The summed E-state index contributed by atoms with van der Waals surface area (Å²) in [4.78, 5) is 2.66. The molecule has 1 saturated heterocycles. The molecule has 1 aliphatic rings. The zero-order chi connectivity index (χ0) is 11.8. The highest BCUT2D eigenvalue weighted by atomic mass is 15.2. The van der Waals surface area contributed by atoms with Crippen LogP contribution in [0.3, 0.4) is 0 Å². The van der Waals surface area contributed by atoms with Gasteiger partial charge in [-0.05, 0) is 51.7 Å². The molecule has 0 aromatic rings. The molecule has 1 N–H and O–H groups in total. The fraction of sp³-hybridized carbons (Fsp3) is 1.00. The SMILES string of the molecule is CC(C)CCNCC(C)N1CCCCCC1. The molecule has 96 valence electrons. The summed E-state index contributed by atoms with van der Waals surface area (Å²) >= 11 is 0. The summed E-state index contributed by atoms with van der Waals surface area (Å²) in [5, 5.41) is 3.59. The van der Waals surface area contributed by atoms with Crippen LogP contribution in [0.15, 0.2) is 0 Å². The van der Waals surface area contributed by atoms with Crippen LogP contribution in [-0.4, -0.2) is 37.1 Å². The molecule has 2 nitrogen and oxygen atoms in total. The number of hydrogen-bond donors (Lipinski definition) is 1. The van der Waals surface area contributed by atoms with E-state index in [0.29, 0.717) is 6.04 Å². The highest BCUT2D eigenvalue weighted by Gasteiger charge is 2.14. The molecule has 0 aromatic heterocycles. The van der Waals surface area contributed by atoms with Crippen molar-refractivity contribution in [1.29, 1.82) is 0 Å². The van der Waals surface area contributed by atoms with E-state index >= 15 is 0 Å². The first-order chi connectivity index (χ1) is 7.70. The van der Waals surface area contributed by atoms with Gasteiger partial charge in [-0.3, -0.25) is 4.90 Å². The Morgan fingerprint density at radius 1 is 1.00 bits per heavy atom. The number of likely N-dealkylation sites (tertiary alicyclic amines) is 1. The average molecular weight is 226 g/mol. The quantitative estimate of drug-likeness (QED) is 0.701. The maximum atomic E-state index is 3.59. The molecule has 1 rings (SSSR count). The van der Waals surface area contributed by atoms with Crippen molar-refractivity contribution in [3.8, 4) is 0 Å². The highest BCUT2D eigenvalue weighted by molar-refractivity contribution is 4.72. The van der Waals surface area contributed by atoms with Gasteiger partial charge in [0.1, 0.15) is 0 Å². The Balaban J connectivity index is 2.10. The molecule has 16 heavy (non-hydrogen) atoms. The van der Waals surface area contributed by atoms with Gasteiger partial charge in [0.2, 0.25) is 0 Å². The van der Waals surface area contributed by atoms with Crippen molar-refractivity contribution in [2.75, 3.05) is 26.2 Å². The van der Waals surface area contributed by atoms with Crippen LogP contribution in [0.5, 0.6) is 0 Å². The van der Waals surface area contributed by atoms with Crippen molar-refractivity contribution in [2.45, 2.75) is 58.9 Å². The predicted octanol–water partition coefficient (Wildman–Crippen LogP) is 2.89. The van der Waals surface area contributed by atoms with E-state index in [2.05, 4.69) is 31.0 Å². The second-order valence-electron chi connectivity index (χ2n) is 5.69. The molecule has 0 radical (unpaired) electrons. The highest BCUT2D eigenvalue weighted by Crippen LogP contribution is 2.12. The largest absolute Gasteiger partial charge is 0.315 e. The molecule has 0 spiro atoms. The molecule has 0 aliphatic carbocycles. The maximum Gasteiger partial charge on any atom is 0.0192 e. The lowest BCUT2D eigenvalue weighted by Gasteiger charge is -2.27. The number of nitrogens with one attached hydrogen (secondary N) is 1. The van der Waals surface area contributed by atoms with Crippen LogP contribution in [0.25, 0.3) is 0 Å². The lowest BCUT2D eigenvalue weighted by atomic mass is 10.1. The van der Waals surface area contributed by atoms with Gasteiger partial charge in [-0.1, -0.05) is 26.7 Å². The summed E-state index contributed by atoms with van der Waals surface area (Å²) in [6.07, 6.45) is 6.97. The van der Waals surface area contributed by atoms with Crippen molar-refractivity contribution < 1.29 is 0 Å². The fourth-order valence-electron chi connectivity index (χ4n) is 2.37. The van der Waals surface area contributed by atoms with Crippen LogP contribution in [0, 0.1) is 5.92 Å². The van der Waals surface area contributed by atoms with Gasteiger partial charge >= 0.3 is 0 Å². The minimum Gasteiger partial charge on any atom is -0.315 e. The molecule has 2 heteroatoms. The van der Waals surface area contributed by atoms with E-state index < -0.39 is 0 Å². The van der Waals surface area contributed by atoms with Gasteiger partial charge in [-0.2, -0.15) is 0 Å². The third-order valence-corrected chi connectivity index (χ3v) is 3.60. The Labute approximate surface area is 102 Å². The number of rotatable bonds is 6. The zero-order valence-corrected chi connectivity index (χ0v) is 11.5. The smallest absolute Gasteiger partial charge is 0.0192 e. The molecule has 0 amide bonds. The van der Waals surface area contributed by atoms with Gasteiger partial charge in [-0.15, -0.1) is 0 Å². The average Bonchev–Trinajstić information content (AvgIpc) is 2.52. The summed E-state index contributed by atoms with van der Waals surface area (Å²) in [5.41, 5.74) is 0. The van der Waals surface area contributed by atoms with Crippen LogP contribution in [0.4, 0.5) is 0 Å². The molecule has 1 unspecified atom stereocenters. The standard InChI is InChI=1S/C14H30N2/c1-13(2)8-9-15-12-14(3)16-10-6-4-5-7-11-16/h13-15H,4-12H2,1-3H3. The monoisotopic (exact) mass is 226 g/mol. The molecule has 1 fully saturated rings. The van der Waals surface area contributed by atoms with Gasteiger partial charge in [0.15, 0.2) is 0 Å². The van der Waals surface area contributed by atoms with Gasteiger partial charge in [0, 0.05) is 12.6 Å². The summed E-state index contributed by atoms with van der Waals surface area (Å²) in [6.45, 7) is 11.9. The van der Waals surface area contributed by atoms with E-state index in [0.717, 1.165) is 12.5 Å². The third-order valence-electron chi connectivity index (χ3n) is 3.60. The normalized spacial score (nSPS) is 21.0. The number of nitrogens with zero attached hydrogens (tertiary/aromatic N) is 1. The van der Waals surface area contributed by atoms with E-state index in [9.17, 15) is 0 Å². The van der Waals surface area contributed by atoms with Crippen molar-refractivity contribution in [3.05, 3.63) is 0 Å². The van der Waals surface area contributed by atoms with Gasteiger partial charge in [-0.25, -0.2) is 0 Å². The lowest BCUT2D eigenvalue weighted by molar-refractivity contribution is 0.211. The second kappa shape index (κ2) is 8.08. The molecule has 0 saturated carbocycles. The summed E-state index contributed by atoms with van der Waals surface area (Å²) in [6, 6.07) is 0.713. The van der Waals surface area contributed by atoms with E-state index in [1.165, 1.54) is 51.7 Å². The van der Waals surface area contributed by atoms with Crippen LogP contribution in [0.1, 0.15) is 52.9 Å². The van der Waals surface area contributed by atoms with E-state index in [1.807, 2.05) is 0 Å². The Bertz CT molecular complexity index is 160. The minimum absolute atomic E-state index is 0.713. The van der Waals surface area contributed by atoms with E-state index in [1.54, 1.807) is 0 Å². The van der Waals surface area contributed by atoms with Crippen LogP contribution in [-0.2, 0) is 0 Å². The van der Waals surface area contributed by atoms with E-state index in [-0.39, 0.29) is 0 Å². The van der Waals surface area contributed by atoms with Gasteiger partial charge in [0.25, 0.3) is 0 Å². The molecule has 1 aliphatic heterocycles. The molecular weight excluding hydrogens is 196 g/mol. The second-order valence-corrected chi connectivity index (χ2v) is 5.69. The number of hydrogen-bond acceptors (Lipinski definition) is 2. The van der Waals surface area contributed by atoms with Gasteiger partial charge < -0.3 is 5.32 Å².